The zero-order valence-corrected chi connectivity index (χ0v) is 12.9. The number of nitrogens with zero attached hydrogens (tertiary/aromatic N) is 2. The maximum atomic E-state index is 11.8. The number of nitriles is 1. The van der Waals surface area contributed by atoms with Crippen molar-refractivity contribution in [1.29, 1.82) is 5.26 Å². The number of nitrogens with one attached hydrogen (secondary N) is 1. The number of carbonyl (C=O) groups is 1. The predicted molar refractivity (Wildman–Crippen MR) is 79.6 cm³/mol. The Labute approximate surface area is 125 Å². The van der Waals surface area contributed by atoms with E-state index in [2.05, 4.69) is 11.4 Å². The number of aromatic nitrogens is 1. The average molecular weight is 289 g/mol. The van der Waals surface area contributed by atoms with Gasteiger partial charge in [-0.15, -0.1) is 0 Å². The van der Waals surface area contributed by atoms with Crippen LogP contribution in [0.15, 0.2) is 18.3 Å². The van der Waals surface area contributed by atoms with Gasteiger partial charge in [0.2, 0.25) is 0 Å². The fraction of sp³-hybridized carbons (Fsp3) is 0.625. The van der Waals surface area contributed by atoms with Gasteiger partial charge in [0.25, 0.3) is 0 Å². The predicted octanol–water partition coefficient (Wildman–Crippen LogP) is 3.05. The van der Waals surface area contributed by atoms with Gasteiger partial charge in [-0.1, -0.05) is 0 Å². The molecule has 1 aromatic heterocycles. The minimum absolute atomic E-state index is 0.172. The molecule has 0 saturated heterocycles. The van der Waals surface area contributed by atoms with Crippen molar-refractivity contribution in [2.24, 2.45) is 5.92 Å². The summed E-state index contributed by atoms with van der Waals surface area (Å²) in [5.41, 5.74) is 0.230. The molecule has 5 nitrogen and oxygen atoms in total. The first kappa shape index (κ1) is 15.4. The van der Waals surface area contributed by atoms with Crippen LogP contribution in [-0.4, -0.2) is 22.3 Å². The molecule has 2 atom stereocenters. The van der Waals surface area contributed by atoms with Gasteiger partial charge in [0, 0.05) is 18.8 Å². The van der Waals surface area contributed by atoms with Crippen molar-refractivity contribution in [3.05, 3.63) is 24.0 Å². The van der Waals surface area contributed by atoms with Crippen molar-refractivity contribution in [2.75, 3.05) is 0 Å². The summed E-state index contributed by atoms with van der Waals surface area (Å²) in [4.78, 5) is 11.8. The highest BCUT2D eigenvalue weighted by atomic mass is 16.6. The molecule has 0 aliphatic heterocycles. The van der Waals surface area contributed by atoms with Crippen LogP contribution in [0.2, 0.25) is 0 Å². The molecule has 5 heteroatoms. The van der Waals surface area contributed by atoms with Crippen molar-refractivity contribution in [1.82, 2.24) is 9.88 Å². The van der Waals surface area contributed by atoms with Gasteiger partial charge in [-0.05, 0) is 58.1 Å². The molecule has 114 valence electrons. The number of ether oxygens (including phenoxy) is 1. The van der Waals surface area contributed by atoms with Gasteiger partial charge in [-0.25, -0.2) is 4.79 Å². The third-order valence-corrected chi connectivity index (χ3v) is 3.66. The van der Waals surface area contributed by atoms with E-state index in [0.29, 0.717) is 11.6 Å². The van der Waals surface area contributed by atoms with Gasteiger partial charge in [0.1, 0.15) is 17.4 Å². The Balaban J connectivity index is 1.81. The lowest BCUT2D eigenvalue weighted by molar-refractivity contribution is 0.0504. The zero-order valence-electron chi connectivity index (χ0n) is 12.9. The second-order valence-electron chi connectivity index (χ2n) is 6.68. The van der Waals surface area contributed by atoms with Gasteiger partial charge in [-0.2, -0.15) is 5.26 Å². The van der Waals surface area contributed by atoms with E-state index in [0.717, 1.165) is 25.8 Å². The molecule has 0 spiro atoms. The Bertz CT molecular complexity index is 536. The zero-order chi connectivity index (χ0) is 15.5. The molecule has 0 aromatic carbocycles. The van der Waals surface area contributed by atoms with Gasteiger partial charge in [0.05, 0.1) is 0 Å². The summed E-state index contributed by atoms with van der Waals surface area (Å²) in [7, 11) is 0. The van der Waals surface area contributed by atoms with Crippen molar-refractivity contribution in [2.45, 2.75) is 58.2 Å². The largest absolute Gasteiger partial charge is 0.444 e. The van der Waals surface area contributed by atoms with Crippen molar-refractivity contribution in [3.63, 3.8) is 0 Å². The smallest absolute Gasteiger partial charge is 0.407 e. The van der Waals surface area contributed by atoms with Gasteiger partial charge in [-0.3, -0.25) is 0 Å². The standard InChI is InChI=1S/C16H23N3O2/c1-16(2,3)21-15(20)18-13-7-6-12(9-13)11-19-8-4-5-14(19)10-17/h4-5,8,12-13H,6-7,9,11H2,1-3H3,(H,18,20). The Hall–Kier alpha value is -1.96. The molecule has 0 radical (unpaired) electrons. The van der Waals surface area contributed by atoms with Crippen LogP contribution in [0.25, 0.3) is 0 Å². The third kappa shape index (κ3) is 4.52. The molecule has 1 aliphatic carbocycles. The fourth-order valence-corrected chi connectivity index (χ4v) is 2.80. The van der Waals surface area contributed by atoms with Crippen LogP contribution in [0.4, 0.5) is 4.79 Å². The minimum Gasteiger partial charge on any atom is -0.444 e. The lowest BCUT2D eigenvalue weighted by atomic mass is 10.1. The number of alkyl carbamates (subject to hydrolysis) is 1. The highest BCUT2D eigenvalue weighted by molar-refractivity contribution is 5.68. The topological polar surface area (TPSA) is 67.0 Å². The van der Waals surface area contributed by atoms with Crippen molar-refractivity contribution in [3.8, 4) is 6.07 Å². The normalized spacial score (nSPS) is 21.8. The summed E-state index contributed by atoms with van der Waals surface area (Å²) in [5, 5.41) is 12.0. The van der Waals surface area contributed by atoms with Crippen LogP contribution in [0, 0.1) is 17.2 Å². The van der Waals surface area contributed by atoms with E-state index in [1.807, 2.05) is 43.7 Å². The van der Waals surface area contributed by atoms with Crippen molar-refractivity contribution >= 4 is 6.09 Å². The van der Waals surface area contributed by atoms with E-state index in [-0.39, 0.29) is 12.1 Å². The Kier molecular flexibility index (Phi) is 4.56. The van der Waals surface area contributed by atoms with Crippen LogP contribution in [0.3, 0.4) is 0 Å². The van der Waals surface area contributed by atoms with E-state index in [9.17, 15) is 4.79 Å². The second kappa shape index (κ2) is 6.21. The Morgan fingerprint density at radius 1 is 1.52 bits per heavy atom. The maximum absolute atomic E-state index is 11.8. The maximum Gasteiger partial charge on any atom is 0.407 e. The van der Waals surface area contributed by atoms with Crippen LogP contribution >= 0.6 is 0 Å². The molecule has 1 N–H and O–H groups in total. The third-order valence-electron chi connectivity index (χ3n) is 3.66. The molecule has 1 saturated carbocycles. The van der Waals surface area contributed by atoms with E-state index in [4.69, 9.17) is 10.00 Å². The quantitative estimate of drug-likeness (QED) is 0.930. The SMILES string of the molecule is CC(C)(C)OC(=O)NC1CCC(Cn2cccc2C#N)C1. The first-order valence-electron chi connectivity index (χ1n) is 7.42. The minimum atomic E-state index is -0.463. The summed E-state index contributed by atoms with van der Waals surface area (Å²) < 4.78 is 7.27. The lowest BCUT2D eigenvalue weighted by Crippen LogP contribution is -2.38. The van der Waals surface area contributed by atoms with Crippen LogP contribution in [0.1, 0.15) is 45.7 Å². The number of rotatable bonds is 3. The number of carbonyl (C=O) groups excluding carboxylic acids is 1. The fourth-order valence-electron chi connectivity index (χ4n) is 2.80. The highest BCUT2D eigenvalue weighted by Gasteiger charge is 2.28. The molecule has 0 bridgehead atoms. The van der Waals surface area contributed by atoms with Crippen LogP contribution in [-0.2, 0) is 11.3 Å². The van der Waals surface area contributed by atoms with Crippen LogP contribution in [0.5, 0.6) is 0 Å². The summed E-state index contributed by atoms with van der Waals surface area (Å²) in [6.45, 7) is 6.42. The summed E-state index contributed by atoms with van der Waals surface area (Å²) >= 11 is 0. The summed E-state index contributed by atoms with van der Waals surface area (Å²) in [6, 6.07) is 6.08. The van der Waals surface area contributed by atoms with E-state index in [1.165, 1.54) is 0 Å². The molecule has 2 unspecified atom stereocenters. The molecule has 2 rings (SSSR count). The van der Waals surface area contributed by atoms with Crippen molar-refractivity contribution < 1.29 is 9.53 Å². The molecule has 1 heterocycles. The van der Waals surface area contributed by atoms with Crippen LogP contribution < -0.4 is 5.32 Å². The monoisotopic (exact) mass is 289 g/mol. The summed E-state index contributed by atoms with van der Waals surface area (Å²) in [5.74, 6) is 0.490. The van der Waals surface area contributed by atoms with E-state index in [1.54, 1.807) is 0 Å². The Morgan fingerprint density at radius 3 is 2.95 bits per heavy atom. The summed E-state index contributed by atoms with van der Waals surface area (Å²) in [6.07, 6.45) is 4.55. The first-order valence-corrected chi connectivity index (χ1v) is 7.42. The molecular formula is C16H23N3O2. The number of hydrogen-bond donors (Lipinski definition) is 1. The van der Waals surface area contributed by atoms with Gasteiger partial charge >= 0.3 is 6.09 Å². The molecule has 1 fully saturated rings. The number of hydrogen-bond acceptors (Lipinski definition) is 3. The Morgan fingerprint density at radius 2 is 2.29 bits per heavy atom. The van der Waals surface area contributed by atoms with Gasteiger partial charge < -0.3 is 14.6 Å². The molecule has 21 heavy (non-hydrogen) atoms. The second-order valence-corrected chi connectivity index (χ2v) is 6.68. The lowest BCUT2D eigenvalue weighted by Gasteiger charge is -2.21. The molecule has 1 amide bonds. The number of amides is 1. The molecule has 1 aliphatic rings. The molecule has 1 aromatic rings. The van der Waals surface area contributed by atoms with E-state index < -0.39 is 5.60 Å². The van der Waals surface area contributed by atoms with E-state index >= 15 is 0 Å². The average Bonchev–Trinajstić information content (AvgIpc) is 2.96. The highest BCUT2D eigenvalue weighted by Crippen LogP contribution is 2.27. The first-order chi connectivity index (χ1) is 9.87. The molecular weight excluding hydrogens is 266 g/mol. The van der Waals surface area contributed by atoms with Gasteiger partial charge in [0.15, 0.2) is 0 Å².